The van der Waals surface area contributed by atoms with Crippen LogP contribution in [0.15, 0.2) is 243 Å². The van der Waals surface area contributed by atoms with Crippen molar-refractivity contribution in [3.63, 3.8) is 0 Å². The first-order chi connectivity index (χ1) is 40.8. The van der Waals surface area contributed by atoms with Gasteiger partial charge >= 0.3 is 31.3 Å². The number of hydrogen-bond acceptors (Lipinski definition) is 16. The van der Waals surface area contributed by atoms with Crippen molar-refractivity contribution in [1.82, 2.24) is 0 Å². The summed E-state index contributed by atoms with van der Waals surface area (Å²) < 4.78 is 172. The highest BCUT2D eigenvalue weighted by Gasteiger charge is 2.62. The fourth-order valence-electron chi connectivity index (χ4n) is 8.39. The average molecular weight is 1230 g/mol. The highest BCUT2D eigenvalue weighted by molar-refractivity contribution is 7.49. The average Bonchev–Trinajstić information content (AvgIpc) is 2.48. The van der Waals surface area contributed by atoms with Crippen molar-refractivity contribution in [2.75, 3.05) is 0 Å². The van der Waals surface area contributed by atoms with Gasteiger partial charge in [0.25, 0.3) is 0 Å². The van der Waals surface area contributed by atoms with Crippen LogP contribution in [0.1, 0.15) is 44.5 Å². The molecule has 16 nitrogen and oxygen atoms in total. The number of halogens is 2. The summed E-state index contributed by atoms with van der Waals surface area (Å²) >= 11 is 0. The van der Waals surface area contributed by atoms with Crippen LogP contribution in [0.5, 0.6) is 0 Å². The van der Waals surface area contributed by atoms with Gasteiger partial charge in [0.1, 0.15) is 24.4 Å². The molecule has 0 amide bonds. The van der Waals surface area contributed by atoms with Gasteiger partial charge in [-0.1, -0.05) is 243 Å². The van der Waals surface area contributed by atoms with Crippen LogP contribution in [0.2, 0.25) is 0 Å². The molecular weight excluding hydrogens is 1160 g/mol. The van der Waals surface area contributed by atoms with E-state index in [-0.39, 0.29) is 0 Å². The van der Waals surface area contributed by atoms with Crippen molar-refractivity contribution in [2.24, 2.45) is 0 Å². The maximum absolute atomic E-state index is 18.3. The Balaban J connectivity index is 1.20. The van der Waals surface area contributed by atoms with E-state index in [0.29, 0.717) is 44.5 Å². The van der Waals surface area contributed by atoms with Crippen molar-refractivity contribution in [3.8, 4) is 0 Å². The molecule has 8 aromatic rings. The van der Waals surface area contributed by atoms with Gasteiger partial charge in [0.2, 0.25) is 0 Å². The van der Waals surface area contributed by atoms with E-state index in [0.717, 1.165) is 0 Å². The first kappa shape index (κ1) is 62.6. The molecule has 1 aliphatic carbocycles. The van der Waals surface area contributed by atoms with Gasteiger partial charge in [0.15, 0.2) is 12.3 Å². The molecule has 0 bridgehead atoms. The van der Waals surface area contributed by atoms with Crippen molar-refractivity contribution < 1.29 is 81.3 Å². The third kappa shape index (κ3) is 19.0. The number of rotatable bonds is 32. The molecule has 0 spiro atoms. The fourth-order valence-corrected chi connectivity index (χ4v) is 13.8. The zero-order chi connectivity index (χ0) is 58.5. The molecule has 0 aliphatic heterocycles. The third-order valence-corrected chi connectivity index (χ3v) is 18.3. The maximum Gasteiger partial charge on any atom is 0.475 e. The summed E-state index contributed by atoms with van der Waals surface area (Å²) in [5.41, 5.74) is 3.75. The van der Waals surface area contributed by atoms with Gasteiger partial charge in [-0.05, 0) is 44.5 Å². The smallest absolute Gasteiger partial charge is 0.282 e. The molecule has 0 unspecified atom stereocenters. The minimum atomic E-state index is -5.29. The molecule has 0 aromatic heterocycles. The Morgan fingerprint density at radius 2 is 0.357 bits per heavy atom. The van der Waals surface area contributed by atoms with Crippen molar-refractivity contribution in [2.45, 2.75) is 89.6 Å². The highest BCUT2D eigenvalue weighted by Crippen LogP contribution is 2.63. The monoisotopic (exact) mass is 1220 g/mol. The van der Waals surface area contributed by atoms with Crippen LogP contribution in [0.25, 0.3) is 0 Å². The predicted octanol–water partition coefficient (Wildman–Crippen LogP) is 16.4. The van der Waals surface area contributed by atoms with Gasteiger partial charge < -0.3 is 0 Å². The number of hydrogen-bond donors (Lipinski definition) is 0. The molecule has 8 aromatic carbocycles. The summed E-state index contributed by atoms with van der Waals surface area (Å²) in [5, 5.41) is 0. The lowest BCUT2D eigenvalue weighted by atomic mass is 9.87. The second kappa shape index (κ2) is 30.9. The molecule has 0 heterocycles. The van der Waals surface area contributed by atoms with Crippen LogP contribution in [-0.2, 0) is 125 Å². The largest absolute Gasteiger partial charge is 0.475 e. The minimum absolute atomic E-state index is 0.456. The first-order valence-corrected chi connectivity index (χ1v) is 32.6. The predicted molar refractivity (Wildman–Crippen MR) is 310 cm³/mol. The Kier molecular flexibility index (Phi) is 23.0. The van der Waals surface area contributed by atoms with E-state index < -0.39 is 121 Å². The van der Waals surface area contributed by atoms with Crippen molar-refractivity contribution in [3.05, 3.63) is 287 Å². The van der Waals surface area contributed by atoms with Crippen LogP contribution < -0.4 is 0 Å². The van der Waals surface area contributed by atoms with Crippen LogP contribution in [-0.4, -0.2) is 36.8 Å². The maximum atomic E-state index is 18.3. The topological polar surface area (TPSA) is 179 Å². The van der Waals surface area contributed by atoms with Gasteiger partial charge in [0.05, 0.1) is 52.9 Å². The SMILES string of the molecule is O=P(OCc1ccccc1)(OCc1ccccc1)O[C@H]1[C@H](OP(=O)(OCc2ccccc2)OCc2ccccc2)[C@@H](OP(=O)(OCc2ccccc2)OCc2ccccc2)[C@@H](F)[C@@H](F)[C@@H]1OP(=O)(OCc1ccccc1)OCc1ccccc1. The van der Waals surface area contributed by atoms with Gasteiger partial charge in [-0.25, -0.2) is 27.0 Å². The van der Waals surface area contributed by atoms with Crippen LogP contribution in [0, 0.1) is 0 Å². The molecule has 9 rings (SSSR count). The lowest BCUT2D eigenvalue weighted by Crippen LogP contribution is -2.63. The zero-order valence-electron chi connectivity index (χ0n) is 45.3. The summed E-state index contributed by atoms with van der Waals surface area (Å²) in [7, 11) is -21.0. The second-order valence-corrected chi connectivity index (χ2v) is 25.5. The number of phosphoric ester groups is 4. The van der Waals surface area contributed by atoms with Gasteiger partial charge in [-0.15, -0.1) is 0 Å². The standard InChI is InChI=1S/C62H62F2O16P4/c63-57-58(64)60(78-82(66,71-43-51-29-13-3-14-30-51)72-44-52-31-15-4-16-32-52)62(80-84(68,75-47-55-37-21-7-22-38-55)76-48-56-39-23-8-24-40-56)61(79-83(67,73-45-53-33-17-5-18-34-53)74-46-54-35-19-6-20-36-54)59(57)77-81(65,69-41-49-25-9-1-10-26-49)70-42-50-27-11-2-12-28-50/h1-40,57-62H,41-48H2/t57-,58+,59-,60-,61+,62+/m0/s1. The van der Waals surface area contributed by atoms with Crippen molar-refractivity contribution in [1.29, 1.82) is 0 Å². The van der Waals surface area contributed by atoms with E-state index in [1.54, 1.807) is 243 Å². The molecule has 22 heteroatoms. The summed E-state index contributed by atoms with van der Waals surface area (Å²) in [6.07, 6.45) is -16.5. The second-order valence-electron chi connectivity index (χ2n) is 19.0. The van der Waals surface area contributed by atoms with E-state index in [4.69, 9.17) is 54.3 Å². The van der Waals surface area contributed by atoms with Gasteiger partial charge in [0, 0.05) is 0 Å². The first-order valence-electron chi connectivity index (χ1n) is 26.7. The summed E-state index contributed by atoms with van der Waals surface area (Å²) in [6, 6.07) is 67.6. The molecule has 0 N–H and O–H groups in total. The number of phosphoric acid groups is 4. The van der Waals surface area contributed by atoms with E-state index in [2.05, 4.69) is 0 Å². The quantitative estimate of drug-likeness (QED) is 0.0363. The van der Waals surface area contributed by atoms with E-state index in [1.165, 1.54) is 0 Å². The van der Waals surface area contributed by atoms with Crippen molar-refractivity contribution >= 4 is 31.3 Å². The Morgan fingerprint density at radius 1 is 0.226 bits per heavy atom. The van der Waals surface area contributed by atoms with Gasteiger partial charge in [-0.3, -0.25) is 54.3 Å². The lowest BCUT2D eigenvalue weighted by molar-refractivity contribution is -0.182. The Morgan fingerprint density at radius 3 is 0.500 bits per heavy atom. The lowest BCUT2D eigenvalue weighted by Gasteiger charge is -2.46. The van der Waals surface area contributed by atoms with Crippen LogP contribution in [0.4, 0.5) is 8.78 Å². The van der Waals surface area contributed by atoms with E-state index in [1.807, 2.05) is 0 Å². The molecule has 0 saturated heterocycles. The van der Waals surface area contributed by atoms with E-state index >= 15 is 27.0 Å². The molecule has 1 fully saturated rings. The van der Waals surface area contributed by atoms with Crippen LogP contribution >= 0.6 is 31.3 Å². The molecule has 6 atom stereocenters. The summed E-state index contributed by atoms with van der Waals surface area (Å²) in [6.45, 7) is -3.68. The molecule has 0 radical (unpaired) electrons. The van der Waals surface area contributed by atoms with Gasteiger partial charge in [-0.2, -0.15) is 0 Å². The Hall–Kier alpha value is -5.94. The minimum Gasteiger partial charge on any atom is -0.282 e. The van der Waals surface area contributed by atoms with E-state index in [9.17, 15) is 0 Å². The molecule has 1 aliphatic rings. The summed E-state index contributed by atoms with van der Waals surface area (Å²) in [5.74, 6) is 0. The highest BCUT2D eigenvalue weighted by atomic mass is 31.2. The third-order valence-electron chi connectivity index (χ3n) is 12.8. The number of benzene rings is 8. The normalized spacial score (nSPS) is 18.5. The molecule has 84 heavy (non-hydrogen) atoms. The molecular formula is C62H62F2O16P4. The molecule has 440 valence electrons. The van der Waals surface area contributed by atoms with Crippen LogP contribution in [0.3, 0.4) is 0 Å². The Bertz CT molecular complexity index is 2990. The Labute approximate surface area is 487 Å². The fraction of sp³-hybridized carbons (Fsp3) is 0.226. The summed E-state index contributed by atoms with van der Waals surface area (Å²) in [4.78, 5) is 0. The molecule has 1 saturated carbocycles. The number of alkyl halides is 2. The zero-order valence-corrected chi connectivity index (χ0v) is 48.9.